The molecule has 0 radical (unpaired) electrons. The summed E-state index contributed by atoms with van der Waals surface area (Å²) in [5.41, 5.74) is 1.76. The number of benzene rings is 1. The lowest BCUT2D eigenvalue weighted by atomic mass is 9.78. The SMILES string of the molecule is CN(C(=O)CCc1cc(C(C)(C)C)c(O)c(C(C)(C)C)c1)C1(C(=O)NC2CCCCC2)CCCCC1. The molecule has 2 fully saturated rings. The van der Waals surface area contributed by atoms with Crippen LogP contribution in [0, 0.1) is 0 Å². The number of aromatic hydroxyl groups is 1. The summed E-state index contributed by atoms with van der Waals surface area (Å²) < 4.78 is 0. The Balaban J connectivity index is 1.79. The van der Waals surface area contributed by atoms with Crippen LogP contribution in [0.1, 0.15) is 129 Å². The highest BCUT2D eigenvalue weighted by molar-refractivity contribution is 5.91. The Bertz CT molecular complexity index is 891. The number of phenols is 1. The Labute approximate surface area is 219 Å². The van der Waals surface area contributed by atoms with Gasteiger partial charge in [0.05, 0.1) is 0 Å². The number of carbonyl (C=O) groups excluding carboxylic acids is 2. The molecule has 0 atom stereocenters. The predicted octanol–water partition coefficient (Wildman–Crippen LogP) is 6.53. The first-order valence-electron chi connectivity index (χ1n) is 14.2. The van der Waals surface area contributed by atoms with Gasteiger partial charge in [-0.2, -0.15) is 0 Å². The standard InChI is InChI=1S/C31H50N2O3/c1-29(2,3)24-20-22(21-25(27(24)35)30(4,5)6)16-17-26(34)33(7)31(18-12-9-13-19-31)28(36)32-23-14-10-8-11-15-23/h20-21,23,35H,8-19H2,1-7H3,(H,32,36). The van der Waals surface area contributed by atoms with Gasteiger partial charge in [-0.1, -0.05) is 92.2 Å². The largest absolute Gasteiger partial charge is 0.507 e. The Hall–Kier alpha value is -2.04. The number of nitrogens with zero attached hydrogens (tertiary/aromatic N) is 1. The van der Waals surface area contributed by atoms with Crippen molar-refractivity contribution in [3.05, 3.63) is 28.8 Å². The van der Waals surface area contributed by atoms with Crippen molar-refractivity contribution in [3.63, 3.8) is 0 Å². The van der Waals surface area contributed by atoms with Gasteiger partial charge in [0.1, 0.15) is 11.3 Å². The van der Waals surface area contributed by atoms with Gasteiger partial charge in [0.15, 0.2) is 0 Å². The molecule has 5 nitrogen and oxygen atoms in total. The maximum absolute atomic E-state index is 13.6. The Morgan fingerprint density at radius 3 is 1.92 bits per heavy atom. The molecule has 0 aromatic heterocycles. The first kappa shape index (κ1) is 28.5. The van der Waals surface area contributed by atoms with E-state index in [0.29, 0.717) is 18.6 Å². The average molecular weight is 499 g/mol. The third-order valence-corrected chi connectivity index (χ3v) is 8.47. The van der Waals surface area contributed by atoms with E-state index >= 15 is 0 Å². The summed E-state index contributed by atoms with van der Waals surface area (Å²) >= 11 is 0. The number of aryl methyl sites for hydroxylation is 1. The monoisotopic (exact) mass is 498 g/mol. The van der Waals surface area contributed by atoms with Gasteiger partial charge >= 0.3 is 0 Å². The maximum atomic E-state index is 13.6. The first-order valence-corrected chi connectivity index (χ1v) is 14.2. The molecule has 202 valence electrons. The minimum atomic E-state index is -0.727. The van der Waals surface area contributed by atoms with Crippen molar-refractivity contribution in [2.75, 3.05) is 7.05 Å². The minimum absolute atomic E-state index is 0.0263. The van der Waals surface area contributed by atoms with Crippen LogP contribution in [0.15, 0.2) is 12.1 Å². The van der Waals surface area contributed by atoms with E-state index in [1.54, 1.807) is 4.90 Å². The number of carbonyl (C=O) groups is 2. The van der Waals surface area contributed by atoms with Crippen LogP contribution in [0.3, 0.4) is 0 Å². The molecule has 2 aliphatic rings. The number of phenolic OH excluding ortho intramolecular Hbond substituents is 1. The maximum Gasteiger partial charge on any atom is 0.246 e. The van der Waals surface area contributed by atoms with Crippen molar-refractivity contribution in [1.29, 1.82) is 0 Å². The molecule has 1 aromatic carbocycles. The van der Waals surface area contributed by atoms with Gasteiger partial charge in [-0.15, -0.1) is 0 Å². The zero-order chi connectivity index (χ0) is 26.7. The fraction of sp³-hybridized carbons (Fsp3) is 0.742. The molecule has 3 rings (SSSR count). The van der Waals surface area contributed by atoms with Crippen molar-refractivity contribution in [1.82, 2.24) is 10.2 Å². The van der Waals surface area contributed by atoms with Crippen LogP contribution in [-0.4, -0.2) is 40.4 Å². The molecule has 2 N–H and O–H groups in total. The van der Waals surface area contributed by atoms with E-state index in [0.717, 1.165) is 61.6 Å². The molecule has 0 bridgehead atoms. The summed E-state index contributed by atoms with van der Waals surface area (Å²) in [6.45, 7) is 12.6. The molecular formula is C31H50N2O3. The highest BCUT2D eigenvalue weighted by atomic mass is 16.3. The molecule has 5 heteroatoms. The lowest BCUT2D eigenvalue weighted by Crippen LogP contribution is -2.61. The second kappa shape index (κ2) is 11.1. The Kier molecular flexibility index (Phi) is 8.83. The summed E-state index contributed by atoms with van der Waals surface area (Å²) in [5, 5.41) is 14.4. The van der Waals surface area contributed by atoms with Gasteiger partial charge < -0.3 is 15.3 Å². The normalized spacial score (nSPS) is 19.1. The molecule has 2 saturated carbocycles. The van der Waals surface area contributed by atoms with Crippen LogP contribution < -0.4 is 5.32 Å². The summed E-state index contributed by atoms with van der Waals surface area (Å²) in [6.07, 6.45) is 11.2. The number of rotatable bonds is 6. The van der Waals surface area contributed by atoms with Crippen LogP contribution >= 0.6 is 0 Å². The van der Waals surface area contributed by atoms with E-state index in [9.17, 15) is 14.7 Å². The van der Waals surface area contributed by atoms with Crippen molar-refractivity contribution in [3.8, 4) is 5.75 Å². The predicted molar refractivity (Wildman–Crippen MR) is 147 cm³/mol. The fourth-order valence-electron chi connectivity index (χ4n) is 6.06. The number of hydrogen-bond donors (Lipinski definition) is 2. The van der Waals surface area contributed by atoms with Crippen LogP contribution in [0.4, 0.5) is 0 Å². The van der Waals surface area contributed by atoms with Crippen molar-refractivity contribution >= 4 is 11.8 Å². The second-order valence-corrected chi connectivity index (χ2v) is 13.4. The zero-order valence-electron chi connectivity index (χ0n) is 23.9. The first-order chi connectivity index (χ1) is 16.8. The third kappa shape index (κ3) is 6.44. The van der Waals surface area contributed by atoms with Gasteiger partial charge in [0.25, 0.3) is 0 Å². The molecule has 2 aliphatic carbocycles. The van der Waals surface area contributed by atoms with E-state index in [2.05, 4.69) is 59.0 Å². The highest BCUT2D eigenvalue weighted by Crippen LogP contribution is 2.40. The number of likely N-dealkylation sites (N-methyl/N-ethyl adjacent to an activating group) is 1. The smallest absolute Gasteiger partial charge is 0.246 e. The van der Waals surface area contributed by atoms with Gasteiger partial charge in [0.2, 0.25) is 11.8 Å². The third-order valence-electron chi connectivity index (χ3n) is 8.47. The molecule has 0 spiro atoms. The molecule has 0 saturated heterocycles. The number of nitrogens with one attached hydrogen (secondary N) is 1. The Morgan fingerprint density at radius 1 is 0.917 bits per heavy atom. The van der Waals surface area contributed by atoms with Crippen molar-refractivity contribution < 1.29 is 14.7 Å². The van der Waals surface area contributed by atoms with Gasteiger partial charge in [0, 0.05) is 19.5 Å². The van der Waals surface area contributed by atoms with E-state index in [1.807, 2.05) is 7.05 Å². The highest BCUT2D eigenvalue weighted by Gasteiger charge is 2.45. The van der Waals surface area contributed by atoms with E-state index < -0.39 is 5.54 Å². The topological polar surface area (TPSA) is 69.6 Å². The van der Waals surface area contributed by atoms with Gasteiger partial charge in [-0.05, 0) is 59.6 Å². The summed E-state index contributed by atoms with van der Waals surface area (Å²) in [6, 6.07) is 4.37. The van der Waals surface area contributed by atoms with Gasteiger partial charge in [-0.25, -0.2) is 0 Å². The van der Waals surface area contributed by atoms with Crippen LogP contribution in [0.25, 0.3) is 0 Å². The van der Waals surface area contributed by atoms with E-state index in [-0.39, 0.29) is 28.7 Å². The lowest BCUT2D eigenvalue weighted by Gasteiger charge is -2.44. The van der Waals surface area contributed by atoms with E-state index in [1.165, 1.54) is 19.3 Å². The average Bonchev–Trinajstić information content (AvgIpc) is 2.82. The Morgan fingerprint density at radius 2 is 1.42 bits per heavy atom. The molecule has 36 heavy (non-hydrogen) atoms. The lowest BCUT2D eigenvalue weighted by molar-refractivity contribution is -0.149. The summed E-state index contributed by atoms with van der Waals surface area (Å²) in [4.78, 5) is 28.9. The molecule has 2 amide bonds. The van der Waals surface area contributed by atoms with Crippen LogP contribution in [-0.2, 0) is 26.8 Å². The zero-order valence-corrected chi connectivity index (χ0v) is 23.9. The van der Waals surface area contributed by atoms with E-state index in [4.69, 9.17) is 0 Å². The second-order valence-electron chi connectivity index (χ2n) is 13.4. The molecule has 0 unspecified atom stereocenters. The summed E-state index contributed by atoms with van der Waals surface area (Å²) in [5.74, 6) is 0.445. The number of amides is 2. The molecular weight excluding hydrogens is 448 g/mol. The van der Waals surface area contributed by atoms with Crippen molar-refractivity contribution in [2.45, 2.75) is 141 Å². The molecule has 0 aliphatic heterocycles. The van der Waals surface area contributed by atoms with Gasteiger partial charge in [-0.3, -0.25) is 9.59 Å². The minimum Gasteiger partial charge on any atom is -0.507 e. The number of hydrogen-bond acceptors (Lipinski definition) is 3. The molecule has 1 aromatic rings. The van der Waals surface area contributed by atoms with Crippen LogP contribution in [0.5, 0.6) is 5.75 Å². The quantitative estimate of drug-likeness (QED) is 0.468. The fourth-order valence-corrected chi connectivity index (χ4v) is 6.06. The summed E-state index contributed by atoms with van der Waals surface area (Å²) in [7, 11) is 1.84. The molecule has 0 heterocycles. The van der Waals surface area contributed by atoms with Crippen LogP contribution in [0.2, 0.25) is 0 Å². The van der Waals surface area contributed by atoms with Crippen molar-refractivity contribution in [2.24, 2.45) is 0 Å².